The Morgan fingerprint density at radius 2 is 1.89 bits per heavy atom. The maximum Gasteiger partial charge on any atom is 0.311 e. The number of amides is 1. The lowest BCUT2D eigenvalue weighted by Crippen LogP contribution is -2.30. The van der Waals surface area contributed by atoms with Gasteiger partial charge in [-0.2, -0.15) is 0 Å². The maximum atomic E-state index is 13.7. The van der Waals surface area contributed by atoms with Gasteiger partial charge in [-0.15, -0.1) is 0 Å². The first-order chi connectivity index (χ1) is 12.9. The average Bonchev–Trinajstić information content (AvgIpc) is 2.63. The molecule has 2 rings (SSSR count). The van der Waals surface area contributed by atoms with Crippen LogP contribution in [-0.2, 0) is 20.7 Å². The highest BCUT2D eigenvalue weighted by molar-refractivity contribution is 5.96. The van der Waals surface area contributed by atoms with E-state index in [9.17, 15) is 14.0 Å². The molecule has 27 heavy (non-hydrogen) atoms. The lowest BCUT2D eigenvalue weighted by Gasteiger charge is -2.15. The van der Waals surface area contributed by atoms with Gasteiger partial charge in [0.15, 0.2) is 17.7 Å². The van der Waals surface area contributed by atoms with Crippen LogP contribution in [0.3, 0.4) is 0 Å². The van der Waals surface area contributed by atoms with Crippen LogP contribution in [-0.4, -0.2) is 31.7 Å². The fourth-order valence-electron chi connectivity index (χ4n) is 2.36. The molecule has 7 heteroatoms. The Labute approximate surface area is 157 Å². The first-order valence-corrected chi connectivity index (χ1v) is 8.49. The Morgan fingerprint density at radius 1 is 1.15 bits per heavy atom. The topological polar surface area (TPSA) is 73.9 Å². The van der Waals surface area contributed by atoms with E-state index in [1.54, 1.807) is 30.3 Å². The summed E-state index contributed by atoms with van der Waals surface area (Å²) in [5.74, 6) is -1.08. The van der Waals surface area contributed by atoms with Crippen LogP contribution >= 0.6 is 0 Å². The summed E-state index contributed by atoms with van der Waals surface area (Å²) in [6.45, 7) is 3.76. The highest BCUT2D eigenvalue weighted by Gasteiger charge is 2.19. The van der Waals surface area contributed by atoms with Crippen LogP contribution < -0.4 is 14.8 Å². The molecular weight excluding hydrogens is 353 g/mol. The van der Waals surface area contributed by atoms with Crippen molar-refractivity contribution in [1.82, 2.24) is 0 Å². The average molecular weight is 375 g/mol. The third-order valence-electron chi connectivity index (χ3n) is 3.69. The molecule has 2 aromatic rings. The van der Waals surface area contributed by atoms with Gasteiger partial charge in [0, 0.05) is 0 Å². The number of anilines is 1. The van der Waals surface area contributed by atoms with Gasteiger partial charge in [0.2, 0.25) is 0 Å². The number of methoxy groups -OCH3 is 1. The van der Waals surface area contributed by atoms with E-state index in [1.165, 1.54) is 26.2 Å². The van der Waals surface area contributed by atoms with E-state index in [0.29, 0.717) is 23.6 Å². The maximum absolute atomic E-state index is 13.7. The highest BCUT2D eigenvalue weighted by Crippen LogP contribution is 2.24. The van der Waals surface area contributed by atoms with Gasteiger partial charge in [-0.3, -0.25) is 9.59 Å². The number of hydrogen-bond acceptors (Lipinski definition) is 5. The van der Waals surface area contributed by atoms with Crippen LogP contribution in [0.2, 0.25) is 0 Å². The number of hydrogen-bond donors (Lipinski definition) is 1. The van der Waals surface area contributed by atoms with Crippen molar-refractivity contribution in [2.45, 2.75) is 26.4 Å². The largest absolute Gasteiger partial charge is 0.494 e. The number of ether oxygens (including phenoxy) is 3. The first-order valence-electron chi connectivity index (χ1n) is 8.49. The number of benzene rings is 2. The molecule has 2 aromatic carbocycles. The summed E-state index contributed by atoms with van der Waals surface area (Å²) in [4.78, 5) is 24.3. The Morgan fingerprint density at radius 3 is 2.56 bits per heavy atom. The third kappa shape index (κ3) is 5.70. The molecule has 0 unspecified atom stereocenters. The Bertz CT molecular complexity index is 809. The molecule has 0 radical (unpaired) electrons. The van der Waals surface area contributed by atoms with Crippen LogP contribution in [0.5, 0.6) is 11.5 Å². The number of halogens is 1. The number of rotatable bonds is 8. The first kappa shape index (κ1) is 20.2. The van der Waals surface area contributed by atoms with Crippen molar-refractivity contribution in [1.29, 1.82) is 0 Å². The molecule has 0 aliphatic carbocycles. The molecule has 0 saturated heterocycles. The molecule has 0 heterocycles. The van der Waals surface area contributed by atoms with E-state index in [0.717, 1.165) is 0 Å². The van der Waals surface area contributed by atoms with Crippen molar-refractivity contribution in [3.05, 3.63) is 53.8 Å². The zero-order valence-electron chi connectivity index (χ0n) is 15.5. The molecule has 0 bridgehead atoms. The SMILES string of the molecule is CCOc1ccccc1NC(=O)[C@H](C)OC(=O)Cc1ccc(OC)c(F)c1. The monoisotopic (exact) mass is 375 g/mol. The summed E-state index contributed by atoms with van der Waals surface area (Å²) < 4.78 is 29.1. The van der Waals surface area contributed by atoms with Gasteiger partial charge in [-0.25, -0.2) is 4.39 Å². The van der Waals surface area contributed by atoms with Gasteiger partial charge in [-0.1, -0.05) is 18.2 Å². The molecule has 0 spiro atoms. The summed E-state index contributed by atoms with van der Waals surface area (Å²) in [6.07, 6.45) is -1.18. The van der Waals surface area contributed by atoms with E-state index < -0.39 is 23.8 Å². The van der Waals surface area contributed by atoms with Crippen LogP contribution in [0.25, 0.3) is 0 Å². The molecule has 144 valence electrons. The lowest BCUT2D eigenvalue weighted by atomic mass is 10.1. The summed E-state index contributed by atoms with van der Waals surface area (Å²) in [5, 5.41) is 2.67. The van der Waals surface area contributed by atoms with E-state index in [1.807, 2.05) is 6.92 Å². The Balaban J connectivity index is 1.94. The smallest absolute Gasteiger partial charge is 0.311 e. The standard InChI is InChI=1S/C20H22FNO5/c1-4-26-18-8-6-5-7-16(18)22-20(24)13(2)27-19(23)12-14-9-10-17(25-3)15(21)11-14/h5-11,13H,4,12H2,1-3H3,(H,22,24)/t13-/m0/s1. The number of esters is 1. The Hall–Kier alpha value is -3.09. The van der Waals surface area contributed by atoms with Crippen molar-refractivity contribution in [2.24, 2.45) is 0 Å². The molecule has 1 atom stereocenters. The number of nitrogens with one attached hydrogen (secondary N) is 1. The molecule has 1 N–H and O–H groups in total. The minimum atomic E-state index is -1.02. The van der Waals surface area contributed by atoms with Gasteiger partial charge in [0.1, 0.15) is 5.75 Å². The van der Waals surface area contributed by atoms with Crippen molar-refractivity contribution in [2.75, 3.05) is 19.0 Å². The molecule has 1 amide bonds. The lowest BCUT2D eigenvalue weighted by molar-refractivity contribution is -0.152. The molecule has 0 aliphatic rings. The minimum Gasteiger partial charge on any atom is -0.494 e. The van der Waals surface area contributed by atoms with Crippen LogP contribution in [0, 0.1) is 5.82 Å². The van der Waals surface area contributed by atoms with Crippen LogP contribution in [0.15, 0.2) is 42.5 Å². The van der Waals surface area contributed by atoms with Gasteiger partial charge < -0.3 is 19.5 Å². The van der Waals surface area contributed by atoms with Gasteiger partial charge in [-0.05, 0) is 43.7 Å². The van der Waals surface area contributed by atoms with E-state index >= 15 is 0 Å². The highest BCUT2D eigenvalue weighted by atomic mass is 19.1. The van der Waals surface area contributed by atoms with Gasteiger partial charge in [0.05, 0.1) is 25.8 Å². The molecule has 0 aromatic heterocycles. The predicted octanol–water partition coefficient (Wildman–Crippen LogP) is 3.35. The third-order valence-corrected chi connectivity index (χ3v) is 3.69. The predicted molar refractivity (Wildman–Crippen MR) is 98.5 cm³/mol. The second kappa shape index (κ2) is 9.56. The summed E-state index contributed by atoms with van der Waals surface area (Å²) in [6, 6.07) is 11.2. The molecular formula is C20H22FNO5. The second-order valence-corrected chi connectivity index (χ2v) is 5.70. The quantitative estimate of drug-likeness (QED) is 0.717. The fraction of sp³-hybridized carbons (Fsp3) is 0.300. The number of carbonyl (C=O) groups is 2. The second-order valence-electron chi connectivity index (χ2n) is 5.70. The molecule has 0 aliphatic heterocycles. The van der Waals surface area contributed by atoms with E-state index in [4.69, 9.17) is 14.2 Å². The van der Waals surface area contributed by atoms with Crippen molar-refractivity contribution < 1.29 is 28.2 Å². The number of carbonyl (C=O) groups excluding carboxylic acids is 2. The van der Waals surface area contributed by atoms with Crippen LogP contribution in [0.4, 0.5) is 10.1 Å². The summed E-state index contributed by atoms with van der Waals surface area (Å²) in [5.41, 5.74) is 0.914. The van der Waals surface area contributed by atoms with E-state index in [-0.39, 0.29) is 12.2 Å². The number of para-hydroxylation sites is 2. The van der Waals surface area contributed by atoms with Crippen molar-refractivity contribution >= 4 is 17.6 Å². The van der Waals surface area contributed by atoms with Crippen LogP contribution in [0.1, 0.15) is 19.4 Å². The molecule has 0 saturated carbocycles. The molecule has 6 nitrogen and oxygen atoms in total. The Kier molecular flexibility index (Phi) is 7.16. The van der Waals surface area contributed by atoms with Crippen molar-refractivity contribution in [3.63, 3.8) is 0 Å². The van der Waals surface area contributed by atoms with Crippen molar-refractivity contribution in [3.8, 4) is 11.5 Å². The zero-order chi connectivity index (χ0) is 19.8. The normalized spacial score (nSPS) is 11.4. The fourth-order valence-corrected chi connectivity index (χ4v) is 2.36. The zero-order valence-corrected chi connectivity index (χ0v) is 15.5. The van der Waals surface area contributed by atoms with E-state index in [2.05, 4.69) is 5.32 Å². The molecule has 0 fully saturated rings. The minimum absolute atomic E-state index is 0.0906. The van der Waals surface area contributed by atoms with Gasteiger partial charge >= 0.3 is 5.97 Å². The summed E-state index contributed by atoms with van der Waals surface area (Å²) in [7, 11) is 1.36. The van der Waals surface area contributed by atoms with Gasteiger partial charge in [0.25, 0.3) is 5.91 Å². The summed E-state index contributed by atoms with van der Waals surface area (Å²) >= 11 is 0.